The van der Waals surface area contributed by atoms with Crippen molar-refractivity contribution >= 4 is 23.5 Å². The van der Waals surface area contributed by atoms with Crippen molar-refractivity contribution < 1.29 is 14.1 Å². The summed E-state index contributed by atoms with van der Waals surface area (Å²) in [6.07, 6.45) is 3.40. The SMILES string of the molecule is CC(CN1CCOCC1)Nc1ncc(C#Cc2cccc(NC(=O)Nc3cc(C(C)(C)C)on3)c2)cn1. The number of ether oxygens (including phenoxy) is 1. The van der Waals surface area contributed by atoms with E-state index >= 15 is 0 Å². The molecule has 3 heterocycles. The Balaban J connectivity index is 1.30. The van der Waals surface area contributed by atoms with Crippen molar-refractivity contribution in [2.75, 3.05) is 48.8 Å². The first-order valence-corrected chi connectivity index (χ1v) is 12.3. The van der Waals surface area contributed by atoms with Gasteiger partial charge in [-0.05, 0) is 25.1 Å². The summed E-state index contributed by atoms with van der Waals surface area (Å²) >= 11 is 0. The number of benzene rings is 1. The molecule has 0 bridgehead atoms. The smallest absolute Gasteiger partial charge is 0.324 e. The van der Waals surface area contributed by atoms with E-state index in [4.69, 9.17) is 9.26 Å². The molecule has 0 aliphatic carbocycles. The van der Waals surface area contributed by atoms with E-state index in [1.165, 1.54) is 0 Å². The van der Waals surface area contributed by atoms with Gasteiger partial charge in [-0.3, -0.25) is 10.2 Å². The minimum Gasteiger partial charge on any atom is -0.379 e. The van der Waals surface area contributed by atoms with Crippen LogP contribution in [-0.4, -0.2) is 64.9 Å². The van der Waals surface area contributed by atoms with Crippen molar-refractivity contribution in [2.24, 2.45) is 0 Å². The highest BCUT2D eigenvalue weighted by molar-refractivity contribution is 5.99. The zero-order valence-electron chi connectivity index (χ0n) is 21.7. The van der Waals surface area contributed by atoms with Gasteiger partial charge in [0.15, 0.2) is 5.82 Å². The van der Waals surface area contributed by atoms with Gasteiger partial charge in [-0.15, -0.1) is 0 Å². The van der Waals surface area contributed by atoms with Gasteiger partial charge in [0.05, 0.1) is 18.8 Å². The lowest BCUT2D eigenvalue weighted by Crippen LogP contribution is -2.42. The molecule has 2 aromatic heterocycles. The lowest BCUT2D eigenvalue weighted by molar-refractivity contribution is 0.0368. The van der Waals surface area contributed by atoms with Crippen LogP contribution in [0.25, 0.3) is 0 Å². The molecule has 1 fully saturated rings. The van der Waals surface area contributed by atoms with Gasteiger partial charge in [0.25, 0.3) is 0 Å². The van der Waals surface area contributed by atoms with E-state index in [1.54, 1.807) is 30.6 Å². The van der Waals surface area contributed by atoms with Crippen LogP contribution in [0, 0.1) is 11.8 Å². The minimum absolute atomic E-state index is 0.195. The average Bonchev–Trinajstić information content (AvgIpc) is 3.33. The molecule has 0 saturated carbocycles. The van der Waals surface area contributed by atoms with Crippen molar-refractivity contribution in [2.45, 2.75) is 39.2 Å². The molecule has 10 nitrogen and oxygen atoms in total. The van der Waals surface area contributed by atoms with Crippen molar-refractivity contribution in [1.82, 2.24) is 20.0 Å². The predicted octanol–water partition coefficient (Wildman–Crippen LogP) is 3.94. The molecule has 1 unspecified atom stereocenters. The van der Waals surface area contributed by atoms with E-state index in [1.807, 2.05) is 32.9 Å². The Morgan fingerprint density at radius 2 is 1.81 bits per heavy atom. The van der Waals surface area contributed by atoms with Gasteiger partial charge in [-0.1, -0.05) is 43.8 Å². The van der Waals surface area contributed by atoms with Crippen LogP contribution in [0.5, 0.6) is 0 Å². The van der Waals surface area contributed by atoms with Crippen LogP contribution in [0.4, 0.5) is 22.2 Å². The normalized spacial score (nSPS) is 14.8. The summed E-state index contributed by atoms with van der Waals surface area (Å²) in [4.78, 5) is 23.5. The van der Waals surface area contributed by atoms with Crippen molar-refractivity contribution in [3.63, 3.8) is 0 Å². The van der Waals surface area contributed by atoms with E-state index in [2.05, 4.69) is 54.7 Å². The van der Waals surface area contributed by atoms with Crippen LogP contribution in [0.3, 0.4) is 0 Å². The van der Waals surface area contributed by atoms with E-state index in [-0.39, 0.29) is 11.5 Å². The molecule has 0 radical (unpaired) electrons. The third kappa shape index (κ3) is 8.03. The zero-order valence-corrected chi connectivity index (χ0v) is 21.7. The molecule has 1 aliphatic heterocycles. The topological polar surface area (TPSA) is 117 Å². The van der Waals surface area contributed by atoms with E-state index in [0.717, 1.165) is 38.4 Å². The van der Waals surface area contributed by atoms with E-state index < -0.39 is 6.03 Å². The van der Waals surface area contributed by atoms with Gasteiger partial charge in [-0.2, -0.15) is 0 Å². The molecular weight excluding hydrogens is 470 g/mol. The number of urea groups is 1. The molecule has 3 N–H and O–H groups in total. The summed E-state index contributed by atoms with van der Waals surface area (Å²) < 4.78 is 10.7. The molecule has 0 spiro atoms. The highest BCUT2D eigenvalue weighted by Crippen LogP contribution is 2.24. The summed E-state index contributed by atoms with van der Waals surface area (Å²) in [7, 11) is 0. The first kappa shape index (κ1) is 26.1. The Labute approximate surface area is 217 Å². The van der Waals surface area contributed by atoms with Crippen molar-refractivity contribution in [1.29, 1.82) is 0 Å². The molecule has 37 heavy (non-hydrogen) atoms. The predicted molar refractivity (Wildman–Crippen MR) is 143 cm³/mol. The fourth-order valence-corrected chi connectivity index (χ4v) is 3.69. The Bertz CT molecular complexity index is 1250. The summed E-state index contributed by atoms with van der Waals surface area (Å²) in [6.45, 7) is 12.5. The number of hydrogen-bond donors (Lipinski definition) is 3. The first-order chi connectivity index (χ1) is 17.7. The third-order valence-corrected chi connectivity index (χ3v) is 5.63. The van der Waals surface area contributed by atoms with Gasteiger partial charge >= 0.3 is 6.03 Å². The zero-order chi connectivity index (χ0) is 26.3. The molecular formula is C27H33N7O3. The van der Waals surface area contributed by atoms with Crippen molar-refractivity contribution in [3.8, 4) is 11.8 Å². The number of carbonyl (C=O) groups excluding carboxylic acids is 1. The quantitative estimate of drug-likeness (QED) is 0.433. The summed E-state index contributed by atoms with van der Waals surface area (Å²) in [5.74, 6) is 7.78. The fourth-order valence-electron chi connectivity index (χ4n) is 3.69. The Morgan fingerprint density at radius 3 is 2.51 bits per heavy atom. The van der Waals surface area contributed by atoms with Crippen LogP contribution < -0.4 is 16.0 Å². The lowest BCUT2D eigenvalue weighted by atomic mass is 9.93. The number of nitrogens with zero attached hydrogens (tertiary/aromatic N) is 4. The highest BCUT2D eigenvalue weighted by atomic mass is 16.5. The summed E-state index contributed by atoms with van der Waals surface area (Å²) in [5.41, 5.74) is 1.85. The number of rotatable bonds is 6. The van der Waals surface area contributed by atoms with Gasteiger partial charge in [0.1, 0.15) is 5.76 Å². The van der Waals surface area contributed by atoms with Crippen LogP contribution in [-0.2, 0) is 10.2 Å². The average molecular weight is 504 g/mol. The molecule has 3 aromatic rings. The van der Waals surface area contributed by atoms with Crippen molar-refractivity contribution in [3.05, 3.63) is 59.6 Å². The first-order valence-electron chi connectivity index (χ1n) is 12.3. The summed E-state index contributed by atoms with van der Waals surface area (Å²) in [6, 6.07) is 8.79. The molecule has 194 valence electrons. The largest absolute Gasteiger partial charge is 0.379 e. The number of nitrogens with one attached hydrogen (secondary N) is 3. The van der Waals surface area contributed by atoms with Crippen LogP contribution in [0.15, 0.2) is 47.2 Å². The maximum atomic E-state index is 12.4. The van der Waals surface area contributed by atoms with E-state index in [0.29, 0.717) is 28.8 Å². The molecule has 1 saturated heterocycles. The maximum absolute atomic E-state index is 12.4. The van der Waals surface area contributed by atoms with Crippen LogP contribution >= 0.6 is 0 Å². The van der Waals surface area contributed by atoms with Crippen LogP contribution in [0.1, 0.15) is 44.6 Å². The van der Waals surface area contributed by atoms with Gasteiger partial charge in [0.2, 0.25) is 5.95 Å². The Kier molecular flexibility index (Phi) is 8.38. The number of carbonyl (C=O) groups is 1. The molecule has 1 atom stereocenters. The Morgan fingerprint density at radius 1 is 1.08 bits per heavy atom. The second-order valence-corrected chi connectivity index (χ2v) is 9.99. The monoisotopic (exact) mass is 503 g/mol. The number of anilines is 3. The molecule has 1 aliphatic rings. The second-order valence-electron chi connectivity index (χ2n) is 9.99. The highest BCUT2D eigenvalue weighted by Gasteiger charge is 2.20. The van der Waals surface area contributed by atoms with Gasteiger partial charge in [-0.25, -0.2) is 14.8 Å². The number of morpholine rings is 1. The molecule has 4 rings (SSSR count). The number of hydrogen-bond acceptors (Lipinski definition) is 8. The van der Waals surface area contributed by atoms with E-state index in [9.17, 15) is 4.79 Å². The second kappa shape index (κ2) is 11.9. The molecule has 2 amide bonds. The van der Waals surface area contributed by atoms with Gasteiger partial charge in [0, 0.05) is 60.8 Å². The number of amides is 2. The Hall–Kier alpha value is -3.94. The molecule has 10 heteroatoms. The molecule has 1 aromatic carbocycles. The fraction of sp³-hybridized carbons (Fsp3) is 0.407. The standard InChI is InChI=1S/C27H33N7O3/c1-19(18-34-10-12-36-13-11-34)30-25-28-16-21(17-29-25)9-8-20-6-5-7-22(14-20)31-26(35)32-24-15-23(37-33-24)27(2,3)4/h5-7,14-17,19H,10-13,18H2,1-4H3,(H,28,29,30)(H2,31,32,33,35). The van der Waals surface area contributed by atoms with Gasteiger partial charge < -0.3 is 19.9 Å². The minimum atomic E-state index is -0.418. The van der Waals surface area contributed by atoms with Crippen LogP contribution in [0.2, 0.25) is 0 Å². The summed E-state index contributed by atoms with van der Waals surface area (Å²) in [5, 5.41) is 12.7. The maximum Gasteiger partial charge on any atom is 0.324 e. The lowest BCUT2D eigenvalue weighted by Gasteiger charge is -2.29. The number of aromatic nitrogens is 3. The third-order valence-electron chi connectivity index (χ3n) is 5.63.